The molecule has 0 unspecified atom stereocenters. The molecule has 5 nitrogen and oxygen atoms in total. The SMILES string of the molecule is Cc1sc2nc(-c3ccc4c(c3)OCCO4)c(CC#N)n2c1-c1ccc(F)cc1. The predicted octanol–water partition coefficient (Wildman–Crippen LogP) is 5.01. The van der Waals surface area contributed by atoms with E-state index in [0.717, 1.165) is 38.0 Å². The molecule has 2 aromatic heterocycles. The lowest BCUT2D eigenvalue weighted by Crippen LogP contribution is -2.15. The quantitative estimate of drug-likeness (QED) is 0.480. The van der Waals surface area contributed by atoms with Crippen molar-refractivity contribution in [1.82, 2.24) is 9.38 Å². The Bertz CT molecular complexity index is 1270. The van der Waals surface area contributed by atoms with Gasteiger partial charge in [0.1, 0.15) is 19.0 Å². The molecule has 0 atom stereocenters. The number of aryl methyl sites for hydroxylation is 1. The highest BCUT2D eigenvalue weighted by molar-refractivity contribution is 7.17. The number of ether oxygens (including phenoxy) is 2. The van der Waals surface area contributed by atoms with Gasteiger partial charge in [-0.25, -0.2) is 9.37 Å². The van der Waals surface area contributed by atoms with Gasteiger partial charge in [-0.2, -0.15) is 5.26 Å². The summed E-state index contributed by atoms with van der Waals surface area (Å²) >= 11 is 1.55. The van der Waals surface area contributed by atoms with Crippen molar-refractivity contribution >= 4 is 16.3 Å². The predicted molar refractivity (Wildman–Crippen MR) is 109 cm³/mol. The Kier molecular flexibility index (Phi) is 4.22. The van der Waals surface area contributed by atoms with Crippen LogP contribution in [0.3, 0.4) is 0 Å². The number of halogens is 1. The van der Waals surface area contributed by atoms with Gasteiger partial charge in [0.2, 0.25) is 0 Å². The van der Waals surface area contributed by atoms with Gasteiger partial charge in [-0.05, 0) is 55.0 Å². The number of nitrogens with zero attached hydrogens (tertiary/aromatic N) is 3. The van der Waals surface area contributed by atoms with Crippen LogP contribution in [0.4, 0.5) is 4.39 Å². The molecule has 0 bridgehead atoms. The first-order chi connectivity index (χ1) is 14.2. The summed E-state index contributed by atoms with van der Waals surface area (Å²) in [5.74, 6) is 1.12. The van der Waals surface area contributed by atoms with Gasteiger partial charge in [0.15, 0.2) is 16.5 Å². The number of thiazole rings is 1. The third-order valence-electron chi connectivity index (χ3n) is 4.92. The van der Waals surface area contributed by atoms with E-state index in [1.807, 2.05) is 29.5 Å². The molecule has 3 heterocycles. The lowest BCUT2D eigenvalue weighted by molar-refractivity contribution is 0.171. The standard InChI is InChI=1S/C22H16FN3O2S/c1-13-21(14-2-5-16(23)6-3-14)26-17(8-9-24)20(25-22(26)29-13)15-4-7-18-19(12-15)28-11-10-27-18/h2-7,12H,8,10-11H2,1H3. The highest BCUT2D eigenvalue weighted by Gasteiger charge is 2.22. The largest absolute Gasteiger partial charge is 0.486 e. The smallest absolute Gasteiger partial charge is 0.195 e. The summed E-state index contributed by atoms with van der Waals surface area (Å²) in [6, 6.07) is 14.4. The molecule has 144 valence electrons. The van der Waals surface area contributed by atoms with E-state index in [-0.39, 0.29) is 12.2 Å². The monoisotopic (exact) mass is 405 g/mol. The second-order valence-corrected chi connectivity index (χ2v) is 7.91. The molecule has 4 aromatic rings. The molecule has 2 aromatic carbocycles. The molecule has 0 aliphatic carbocycles. The van der Waals surface area contributed by atoms with Crippen molar-refractivity contribution in [1.29, 1.82) is 5.26 Å². The number of nitriles is 1. The fourth-order valence-electron chi connectivity index (χ4n) is 3.67. The summed E-state index contributed by atoms with van der Waals surface area (Å²) < 4.78 is 26.8. The van der Waals surface area contributed by atoms with E-state index in [1.54, 1.807) is 23.5 Å². The molecule has 0 radical (unpaired) electrons. The zero-order valence-electron chi connectivity index (χ0n) is 15.6. The molecule has 0 spiro atoms. The summed E-state index contributed by atoms with van der Waals surface area (Å²) in [6.07, 6.45) is 0.204. The molecule has 0 saturated carbocycles. The molecule has 0 amide bonds. The molecular formula is C22H16FN3O2S. The van der Waals surface area contributed by atoms with Gasteiger partial charge >= 0.3 is 0 Å². The van der Waals surface area contributed by atoms with Crippen LogP contribution < -0.4 is 9.47 Å². The van der Waals surface area contributed by atoms with E-state index in [9.17, 15) is 9.65 Å². The summed E-state index contributed by atoms with van der Waals surface area (Å²) in [5.41, 5.74) is 4.26. The maximum atomic E-state index is 13.4. The molecule has 29 heavy (non-hydrogen) atoms. The average Bonchev–Trinajstić information content (AvgIpc) is 3.24. The van der Waals surface area contributed by atoms with Gasteiger partial charge in [0, 0.05) is 10.4 Å². The number of imidazole rings is 1. The van der Waals surface area contributed by atoms with E-state index >= 15 is 0 Å². The minimum absolute atomic E-state index is 0.204. The zero-order valence-corrected chi connectivity index (χ0v) is 16.4. The number of hydrogen-bond acceptors (Lipinski definition) is 5. The van der Waals surface area contributed by atoms with Crippen LogP contribution in [0, 0.1) is 24.1 Å². The van der Waals surface area contributed by atoms with Gasteiger partial charge in [0.25, 0.3) is 0 Å². The summed E-state index contributed by atoms with van der Waals surface area (Å²) in [4.78, 5) is 6.70. The fourth-order valence-corrected chi connectivity index (χ4v) is 4.68. The average molecular weight is 405 g/mol. The van der Waals surface area contributed by atoms with Crippen LogP contribution in [0.2, 0.25) is 0 Å². The van der Waals surface area contributed by atoms with Crippen LogP contribution in [-0.4, -0.2) is 22.6 Å². The molecule has 7 heteroatoms. The Morgan fingerprint density at radius 2 is 1.83 bits per heavy atom. The Morgan fingerprint density at radius 3 is 2.59 bits per heavy atom. The van der Waals surface area contributed by atoms with E-state index in [4.69, 9.17) is 14.5 Å². The van der Waals surface area contributed by atoms with Crippen LogP contribution in [0.5, 0.6) is 11.5 Å². The van der Waals surface area contributed by atoms with Gasteiger partial charge < -0.3 is 9.47 Å². The molecule has 1 aliphatic heterocycles. The van der Waals surface area contributed by atoms with Crippen molar-refractivity contribution in [3.63, 3.8) is 0 Å². The third-order valence-corrected chi connectivity index (χ3v) is 5.88. The van der Waals surface area contributed by atoms with Crippen LogP contribution in [-0.2, 0) is 6.42 Å². The number of fused-ring (bicyclic) bond motifs is 2. The molecule has 5 rings (SSSR count). The van der Waals surface area contributed by atoms with Crippen molar-refractivity contribution < 1.29 is 13.9 Å². The summed E-state index contributed by atoms with van der Waals surface area (Å²) in [5, 5.41) is 9.48. The molecule has 1 aliphatic rings. The first-order valence-corrected chi connectivity index (χ1v) is 10.0. The Morgan fingerprint density at radius 1 is 1.10 bits per heavy atom. The van der Waals surface area contributed by atoms with E-state index in [2.05, 4.69) is 6.07 Å². The first kappa shape index (κ1) is 17.7. The summed E-state index contributed by atoms with van der Waals surface area (Å²) in [7, 11) is 0. The maximum absolute atomic E-state index is 13.4. The molecular weight excluding hydrogens is 389 g/mol. The summed E-state index contributed by atoms with van der Waals surface area (Å²) in [6.45, 7) is 3.05. The topological polar surface area (TPSA) is 59.5 Å². The van der Waals surface area contributed by atoms with Gasteiger partial charge in [-0.1, -0.05) is 0 Å². The van der Waals surface area contributed by atoms with Crippen molar-refractivity contribution in [3.8, 4) is 40.1 Å². The van der Waals surface area contributed by atoms with Crippen molar-refractivity contribution in [3.05, 3.63) is 58.9 Å². The van der Waals surface area contributed by atoms with Crippen LogP contribution in [0.1, 0.15) is 10.6 Å². The van der Waals surface area contributed by atoms with Crippen LogP contribution >= 0.6 is 11.3 Å². The Labute approximate surface area is 170 Å². The fraction of sp³-hybridized carbons (Fsp3) is 0.182. The Hall–Kier alpha value is -3.37. The third kappa shape index (κ3) is 2.93. The Balaban J connectivity index is 1.72. The van der Waals surface area contributed by atoms with Gasteiger partial charge in [-0.15, -0.1) is 11.3 Å². The maximum Gasteiger partial charge on any atom is 0.195 e. The van der Waals surface area contributed by atoms with Crippen molar-refractivity contribution in [2.75, 3.05) is 13.2 Å². The normalized spacial score (nSPS) is 12.9. The van der Waals surface area contributed by atoms with Gasteiger partial charge in [-0.3, -0.25) is 4.40 Å². The van der Waals surface area contributed by atoms with Crippen LogP contribution in [0.25, 0.3) is 27.5 Å². The molecule has 0 saturated heterocycles. The number of rotatable bonds is 3. The number of aromatic nitrogens is 2. The zero-order chi connectivity index (χ0) is 20.0. The lowest BCUT2D eigenvalue weighted by atomic mass is 10.1. The van der Waals surface area contributed by atoms with Gasteiger partial charge in [0.05, 0.1) is 29.6 Å². The van der Waals surface area contributed by atoms with Crippen molar-refractivity contribution in [2.24, 2.45) is 0 Å². The van der Waals surface area contributed by atoms with E-state index in [0.29, 0.717) is 24.7 Å². The molecule has 0 fully saturated rings. The minimum atomic E-state index is -0.280. The number of benzene rings is 2. The second kappa shape index (κ2) is 6.90. The lowest BCUT2D eigenvalue weighted by Gasteiger charge is -2.18. The van der Waals surface area contributed by atoms with E-state index < -0.39 is 0 Å². The second-order valence-electron chi connectivity index (χ2n) is 6.73. The van der Waals surface area contributed by atoms with Crippen molar-refractivity contribution in [2.45, 2.75) is 13.3 Å². The highest BCUT2D eigenvalue weighted by atomic mass is 32.1. The van der Waals surface area contributed by atoms with Crippen LogP contribution in [0.15, 0.2) is 42.5 Å². The highest BCUT2D eigenvalue weighted by Crippen LogP contribution is 2.39. The first-order valence-electron chi connectivity index (χ1n) is 9.19. The molecule has 0 N–H and O–H groups in total. The van der Waals surface area contributed by atoms with E-state index in [1.165, 1.54) is 12.1 Å². The number of hydrogen-bond donors (Lipinski definition) is 0. The minimum Gasteiger partial charge on any atom is -0.486 e.